The lowest BCUT2D eigenvalue weighted by Crippen LogP contribution is -2.29. The predicted octanol–water partition coefficient (Wildman–Crippen LogP) is 4.84. The zero-order valence-corrected chi connectivity index (χ0v) is 19.7. The molecule has 0 aliphatic rings. The summed E-state index contributed by atoms with van der Waals surface area (Å²) < 4.78 is 7.51. The number of hydrogen-bond donors (Lipinski definition) is 1. The van der Waals surface area contributed by atoms with Gasteiger partial charge in [0.05, 0.1) is 17.1 Å². The van der Waals surface area contributed by atoms with Gasteiger partial charge in [-0.25, -0.2) is 9.78 Å². The van der Waals surface area contributed by atoms with Crippen molar-refractivity contribution in [2.45, 2.75) is 39.2 Å². The van der Waals surface area contributed by atoms with Crippen LogP contribution in [0.2, 0.25) is 5.02 Å². The van der Waals surface area contributed by atoms with Crippen molar-refractivity contribution in [3.63, 3.8) is 0 Å². The van der Waals surface area contributed by atoms with Gasteiger partial charge in [0.2, 0.25) is 0 Å². The SMILES string of the molecule is C[C@@H](Oc1ccc(Cl)cc1C=Nn1c(C(C)(C)C)nc2ccc(Br)cc2c1=O)C(=O)O. The Hall–Kier alpha value is -2.71. The Kier molecular flexibility index (Phi) is 6.52. The number of fused-ring (bicyclic) bond motifs is 1. The van der Waals surface area contributed by atoms with Crippen LogP contribution in [0.1, 0.15) is 39.1 Å². The summed E-state index contributed by atoms with van der Waals surface area (Å²) in [6.07, 6.45) is 0.346. The van der Waals surface area contributed by atoms with E-state index in [9.17, 15) is 9.59 Å². The fourth-order valence-corrected chi connectivity index (χ4v) is 3.37. The zero-order valence-electron chi connectivity index (χ0n) is 17.4. The van der Waals surface area contributed by atoms with E-state index in [-0.39, 0.29) is 11.3 Å². The van der Waals surface area contributed by atoms with E-state index < -0.39 is 17.5 Å². The maximum absolute atomic E-state index is 13.2. The van der Waals surface area contributed by atoms with Crippen molar-refractivity contribution in [3.8, 4) is 5.75 Å². The maximum atomic E-state index is 13.2. The Bertz CT molecular complexity index is 1250. The molecule has 0 fully saturated rings. The molecule has 0 bridgehead atoms. The molecule has 1 N–H and O–H groups in total. The second kappa shape index (κ2) is 8.80. The van der Waals surface area contributed by atoms with E-state index in [0.717, 1.165) is 4.47 Å². The molecule has 1 aromatic heterocycles. The molecule has 0 amide bonds. The highest BCUT2D eigenvalue weighted by Gasteiger charge is 2.23. The fourth-order valence-electron chi connectivity index (χ4n) is 2.83. The molecule has 9 heteroatoms. The summed E-state index contributed by atoms with van der Waals surface area (Å²) in [7, 11) is 0. The van der Waals surface area contributed by atoms with Crippen molar-refractivity contribution in [1.82, 2.24) is 9.66 Å². The molecule has 3 rings (SSSR count). The molecule has 0 radical (unpaired) electrons. The Morgan fingerprint density at radius 2 is 2.00 bits per heavy atom. The fraction of sp³-hybridized carbons (Fsp3) is 0.273. The van der Waals surface area contributed by atoms with Gasteiger partial charge in [-0.05, 0) is 43.3 Å². The minimum Gasteiger partial charge on any atom is -0.479 e. The standard InChI is InChI=1S/C22H21BrClN3O4/c1-12(20(29)30)31-18-8-6-15(24)9-13(18)11-25-27-19(28)16-10-14(23)5-7-17(16)26-21(27)22(2,3)4/h5-12H,1-4H3,(H,29,30)/t12-/m1/s1. The van der Waals surface area contributed by atoms with Gasteiger partial charge in [-0.2, -0.15) is 9.78 Å². The average Bonchev–Trinajstić information content (AvgIpc) is 2.68. The molecule has 31 heavy (non-hydrogen) atoms. The topological polar surface area (TPSA) is 93.8 Å². The van der Waals surface area contributed by atoms with E-state index in [1.54, 1.807) is 30.3 Å². The van der Waals surface area contributed by atoms with E-state index in [4.69, 9.17) is 21.4 Å². The highest BCUT2D eigenvalue weighted by atomic mass is 79.9. The number of nitrogens with zero attached hydrogens (tertiary/aromatic N) is 3. The number of carbonyl (C=O) groups is 1. The Morgan fingerprint density at radius 1 is 1.29 bits per heavy atom. The number of rotatable bonds is 5. The molecule has 162 valence electrons. The smallest absolute Gasteiger partial charge is 0.344 e. The van der Waals surface area contributed by atoms with E-state index in [1.807, 2.05) is 26.8 Å². The molecule has 0 saturated carbocycles. The number of halogens is 2. The molecular formula is C22H21BrClN3O4. The average molecular weight is 507 g/mol. The number of benzene rings is 2. The molecule has 3 aromatic rings. The van der Waals surface area contributed by atoms with Gasteiger partial charge < -0.3 is 9.84 Å². The molecular weight excluding hydrogens is 486 g/mol. The van der Waals surface area contributed by atoms with Crippen molar-refractivity contribution < 1.29 is 14.6 Å². The second-order valence-electron chi connectivity index (χ2n) is 7.99. The normalized spacial score (nSPS) is 13.0. The number of ether oxygens (including phenoxy) is 1. The van der Waals surface area contributed by atoms with Crippen LogP contribution in [0.5, 0.6) is 5.75 Å². The maximum Gasteiger partial charge on any atom is 0.344 e. The molecule has 1 heterocycles. The quantitative estimate of drug-likeness (QED) is 0.500. The zero-order chi connectivity index (χ0) is 22.9. The van der Waals surface area contributed by atoms with Gasteiger partial charge in [0.25, 0.3) is 5.56 Å². The third-order valence-electron chi connectivity index (χ3n) is 4.41. The number of carboxylic acid groups (broad SMARTS) is 1. The third kappa shape index (κ3) is 5.14. The van der Waals surface area contributed by atoms with E-state index >= 15 is 0 Å². The van der Waals surface area contributed by atoms with Crippen LogP contribution >= 0.6 is 27.5 Å². The van der Waals surface area contributed by atoms with Gasteiger partial charge in [0.15, 0.2) is 6.10 Å². The summed E-state index contributed by atoms with van der Waals surface area (Å²) in [5.41, 5.74) is 0.215. The summed E-state index contributed by atoms with van der Waals surface area (Å²) in [6, 6.07) is 10.0. The lowest BCUT2D eigenvalue weighted by molar-refractivity contribution is -0.144. The van der Waals surface area contributed by atoms with Crippen molar-refractivity contribution in [2.24, 2.45) is 5.10 Å². The predicted molar refractivity (Wildman–Crippen MR) is 125 cm³/mol. The van der Waals surface area contributed by atoms with Crippen molar-refractivity contribution in [1.29, 1.82) is 0 Å². The lowest BCUT2D eigenvalue weighted by atomic mass is 9.95. The summed E-state index contributed by atoms with van der Waals surface area (Å²) in [6.45, 7) is 7.24. The van der Waals surface area contributed by atoms with Gasteiger partial charge in [-0.1, -0.05) is 48.3 Å². The third-order valence-corrected chi connectivity index (χ3v) is 5.14. The Labute approximate surface area is 192 Å². The van der Waals surface area contributed by atoms with Crippen molar-refractivity contribution in [3.05, 3.63) is 67.6 Å². The molecule has 7 nitrogen and oxygen atoms in total. The minimum absolute atomic E-state index is 0.282. The summed E-state index contributed by atoms with van der Waals surface area (Å²) in [5, 5.41) is 14.4. The minimum atomic E-state index is -1.10. The number of aliphatic carboxylic acids is 1. The molecule has 0 aliphatic heterocycles. The van der Waals surface area contributed by atoms with Crippen LogP contribution < -0.4 is 10.3 Å². The molecule has 0 aliphatic carbocycles. The van der Waals surface area contributed by atoms with Crippen LogP contribution in [0.4, 0.5) is 0 Å². The van der Waals surface area contributed by atoms with Crippen LogP contribution in [-0.4, -0.2) is 33.1 Å². The van der Waals surface area contributed by atoms with Gasteiger partial charge >= 0.3 is 5.97 Å². The molecule has 2 aromatic carbocycles. The van der Waals surface area contributed by atoms with Gasteiger partial charge in [-0.3, -0.25) is 4.79 Å². The lowest BCUT2D eigenvalue weighted by Gasteiger charge is -2.21. The Morgan fingerprint density at radius 3 is 2.65 bits per heavy atom. The number of carboxylic acids is 1. The first kappa shape index (κ1) is 23.0. The number of hydrogen-bond acceptors (Lipinski definition) is 5. The molecule has 0 saturated heterocycles. The summed E-state index contributed by atoms with van der Waals surface area (Å²) in [5.74, 6) is -0.342. The van der Waals surface area contributed by atoms with E-state index in [0.29, 0.717) is 27.3 Å². The van der Waals surface area contributed by atoms with Gasteiger partial charge in [-0.15, -0.1) is 0 Å². The van der Waals surface area contributed by atoms with E-state index in [2.05, 4.69) is 26.0 Å². The van der Waals surface area contributed by atoms with Gasteiger partial charge in [0, 0.05) is 20.5 Å². The van der Waals surface area contributed by atoms with Crippen molar-refractivity contribution >= 4 is 50.6 Å². The highest BCUT2D eigenvalue weighted by molar-refractivity contribution is 9.10. The molecule has 0 spiro atoms. The number of aromatic nitrogens is 2. The highest BCUT2D eigenvalue weighted by Crippen LogP contribution is 2.25. The van der Waals surface area contributed by atoms with Crippen molar-refractivity contribution in [2.75, 3.05) is 0 Å². The summed E-state index contributed by atoms with van der Waals surface area (Å²) >= 11 is 9.49. The van der Waals surface area contributed by atoms with Crippen LogP contribution in [0, 0.1) is 0 Å². The molecule has 0 unspecified atom stereocenters. The Balaban J connectivity index is 2.17. The van der Waals surface area contributed by atoms with Crippen LogP contribution in [0.15, 0.2) is 50.8 Å². The first-order valence-electron chi connectivity index (χ1n) is 9.43. The van der Waals surface area contributed by atoms with Crippen LogP contribution in [0.25, 0.3) is 10.9 Å². The monoisotopic (exact) mass is 505 g/mol. The first-order valence-corrected chi connectivity index (χ1v) is 10.6. The van der Waals surface area contributed by atoms with Gasteiger partial charge in [0.1, 0.15) is 11.6 Å². The largest absolute Gasteiger partial charge is 0.479 e. The van der Waals surface area contributed by atoms with E-state index in [1.165, 1.54) is 17.8 Å². The molecule has 1 atom stereocenters. The summed E-state index contributed by atoms with van der Waals surface area (Å²) in [4.78, 5) is 29.1. The van der Waals surface area contributed by atoms with Crippen LogP contribution in [0.3, 0.4) is 0 Å². The first-order chi connectivity index (χ1) is 14.5. The second-order valence-corrected chi connectivity index (χ2v) is 9.34. The van der Waals surface area contributed by atoms with Crippen LogP contribution in [-0.2, 0) is 10.2 Å².